The highest BCUT2D eigenvalue weighted by atomic mass is 19.4. The Morgan fingerprint density at radius 2 is 1.79 bits per heavy atom. The number of benzene rings is 2. The standard InChI is InChI=1S/C20H19F3N4O/c1-24-12-18-17(25-27-26-18)11-8-15-4-2-3-5-19(15)28-13-14-6-9-16(10-7-14)20(21,22)23/h2-7,9-10,12H,8,11,13H2,1H3,(H,25,26,27). The Morgan fingerprint density at radius 3 is 2.50 bits per heavy atom. The molecule has 146 valence electrons. The van der Waals surface area contributed by atoms with Gasteiger partial charge in [-0.15, -0.1) is 0 Å². The van der Waals surface area contributed by atoms with E-state index < -0.39 is 11.7 Å². The normalized spacial score (nSPS) is 11.9. The lowest BCUT2D eigenvalue weighted by molar-refractivity contribution is -0.137. The van der Waals surface area contributed by atoms with E-state index in [2.05, 4.69) is 20.4 Å². The van der Waals surface area contributed by atoms with E-state index >= 15 is 0 Å². The number of nitrogens with zero attached hydrogens (tertiary/aromatic N) is 3. The Balaban J connectivity index is 1.64. The van der Waals surface area contributed by atoms with Crippen LogP contribution in [-0.4, -0.2) is 28.7 Å². The van der Waals surface area contributed by atoms with Crippen LogP contribution in [0.2, 0.25) is 0 Å². The Kier molecular flexibility index (Phi) is 6.08. The van der Waals surface area contributed by atoms with E-state index in [0.29, 0.717) is 29.8 Å². The minimum absolute atomic E-state index is 0.187. The average molecular weight is 388 g/mol. The van der Waals surface area contributed by atoms with Crippen LogP contribution in [0.5, 0.6) is 5.75 Å². The number of para-hydroxylation sites is 1. The molecule has 5 nitrogen and oxygen atoms in total. The van der Waals surface area contributed by atoms with Crippen LogP contribution in [-0.2, 0) is 25.6 Å². The molecular formula is C20H19F3N4O. The summed E-state index contributed by atoms with van der Waals surface area (Å²) in [7, 11) is 1.67. The number of alkyl halides is 3. The molecule has 0 aliphatic carbocycles. The van der Waals surface area contributed by atoms with Gasteiger partial charge in [0.15, 0.2) is 0 Å². The molecule has 0 bridgehead atoms. The fourth-order valence-corrected chi connectivity index (χ4v) is 2.73. The summed E-state index contributed by atoms with van der Waals surface area (Å²) in [5, 5.41) is 10.8. The maximum absolute atomic E-state index is 12.7. The largest absolute Gasteiger partial charge is 0.489 e. The van der Waals surface area contributed by atoms with Crippen molar-refractivity contribution >= 4 is 6.21 Å². The first-order valence-corrected chi connectivity index (χ1v) is 8.66. The van der Waals surface area contributed by atoms with Gasteiger partial charge in [-0.25, -0.2) is 0 Å². The molecule has 0 amide bonds. The fourth-order valence-electron chi connectivity index (χ4n) is 2.73. The van der Waals surface area contributed by atoms with Gasteiger partial charge in [0.1, 0.15) is 18.1 Å². The molecule has 0 atom stereocenters. The first-order chi connectivity index (χ1) is 13.5. The van der Waals surface area contributed by atoms with Gasteiger partial charge in [0, 0.05) is 7.05 Å². The molecular weight excluding hydrogens is 369 g/mol. The quantitative estimate of drug-likeness (QED) is 0.616. The number of aryl methyl sites for hydroxylation is 2. The third-order valence-corrected chi connectivity index (χ3v) is 4.18. The van der Waals surface area contributed by atoms with Crippen LogP contribution in [0.1, 0.15) is 28.1 Å². The number of hydrogen-bond acceptors (Lipinski definition) is 4. The predicted octanol–water partition coefficient (Wildman–Crippen LogP) is 4.24. The number of H-pyrrole nitrogens is 1. The van der Waals surface area contributed by atoms with Crippen LogP contribution in [0.4, 0.5) is 13.2 Å². The second-order valence-corrected chi connectivity index (χ2v) is 6.13. The molecule has 0 saturated heterocycles. The Morgan fingerprint density at radius 1 is 1.04 bits per heavy atom. The highest BCUT2D eigenvalue weighted by molar-refractivity contribution is 5.77. The van der Waals surface area contributed by atoms with Crippen LogP contribution >= 0.6 is 0 Å². The van der Waals surface area contributed by atoms with Gasteiger partial charge in [0.25, 0.3) is 0 Å². The van der Waals surface area contributed by atoms with E-state index in [-0.39, 0.29) is 6.61 Å². The smallest absolute Gasteiger partial charge is 0.416 e. The topological polar surface area (TPSA) is 63.2 Å². The van der Waals surface area contributed by atoms with Crippen molar-refractivity contribution in [2.75, 3.05) is 7.05 Å². The monoisotopic (exact) mass is 388 g/mol. The van der Waals surface area contributed by atoms with E-state index in [1.54, 1.807) is 13.3 Å². The summed E-state index contributed by atoms with van der Waals surface area (Å²) < 4.78 is 43.8. The summed E-state index contributed by atoms with van der Waals surface area (Å²) in [4.78, 5) is 3.95. The summed E-state index contributed by atoms with van der Waals surface area (Å²) in [5.41, 5.74) is 2.49. The molecule has 0 aliphatic heterocycles. The summed E-state index contributed by atoms with van der Waals surface area (Å²) in [5.74, 6) is 0.691. The van der Waals surface area contributed by atoms with E-state index in [9.17, 15) is 13.2 Å². The van der Waals surface area contributed by atoms with Crippen molar-refractivity contribution < 1.29 is 17.9 Å². The molecule has 3 aromatic rings. The molecule has 2 aromatic carbocycles. The van der Waals surface area contributed by atoms with E-state index in [0.717, 1.165) is 23.4 Å². The van der Waals surface area contributed by atoms with Crippen LogP contribution in [0.15, 0.2) is 53.5 Å². The maximum Gasteiger partial charge on any atom is 0.416 e. The average Bonchev–Trinajstić information content (AvgIpc) is 3.12. The number of halogens is 3. The molecule has 0 aliphatic rings. The summed E-state index contributed by atoms with van der Waals surface area (Å²) in [6, 6.07) is 12.5. The molecule has 3 rings (SSSR count). The molecule has 8 heteroatoms. The van der Waals surface area contributed by atoms with E-state index in [1.807, 2.05) is 24.3 Å². The van der Waals surface area contributed by atoms with Crippen LogP contribution in [0, 0.1) is 0 Å². The maximum atomic E-state index is 12.7. The SMILES string of the molecule is CN=Cc1n[nH]nc1CCc1ccccc1OCc1ccc(C(F)(F)F)cc1. The Bertz CT molecular complexity index is 933. The highest BCUT2D eigenvalue weighted by Crippen LogP contribution is 2.29. The third kappa shape index (κ3) is 4.97. The summed E-state index contributed by atoms with van der Waals surface area (Å²) in [6.07, 6.45) is -1.36. The molecule has 1 heterocycles. The number of hydrogen-bond donors (Lipinski definition) is 1. The zero-order valence-corrected chi connectivity index (χ0v) is 15.2. The minimum atomic E-state index is -4.34. The first-order valence-electron chi connectivity index (χ1n) is 8.66. The number of aliphatic imine (C=N–C) groups is 1. The molecule has 28 heavy (non-hydrogen) atoms. The van der Waals surface area contributed by atoms with Gasteiger partial charge < -0.3 is 4.74 Å². The van der Waals surface area contributed by atoms with Gasteiger partial charge in [-0.2, -0.15) is 28.6 Å². The summed E-state index contributed by atoms with van der Waals surface area (Å²) >= 11 is 0. The van der Waals surface area contributed by atoms with Crippen molar-refractivity contribution in [1.29, 1.82) is 0 Å². The molecule has 0 saturated carbocycles. The third-order valence-electron chi connectivity index (χ3n) is 4.18. The zero-order valence-electron chi connectivity index (χ0n) is 15.2. The second-order valence-electron chi connectivity index (χ2n) is 6.13. The van der Waals surface area contributed by atoms with E-state index in [4.69, 9.17) is 4.74 Å². The number of rotatable bonds is 7. The van der Waals surface area contributed by atoms with Crippen molar-refractivity contribution in [3.8, 4) is 5.75 Å². The van der Waals surface area contributed by atoms with Crippen LogP contribution in [0.3, 0.4) is 0 Å². The van der Waals surface area contributed by atoms with Gasteiger partial charge in [0.2, 0.25) is 0 Å². The first kappa shape index (κ1) is 19.6. The zero-order chi connectivity index (χ0) is 20.0. The van der Waals surface area contributed by atoms with Crippen LogP contribution in [0.25, 0.3) is 0 Å². The lowest BCUT2D eigenvalue weighted by Crippen LogP contribution is -2.05. The van der Waals surface area contributed by atoms with Gasteiger partial charge in [-0.05, 0) is 42.2 Å². The molecule has 0 radical (unpaired) electrons. The van der Waals surface area contributed by atoms with Crippen molar-refractivity contribution in [1.82, 2.24) is 15.4 Å². The Hall–Kier alpha value is -3.16. The van der Waals surface area contributed by atoms with E-state index in [1.165, 1.54) is 12.1 Å². The lowest BCUT2D eigenvalue weighted by Gasteiger charge is -2.12. The molecule has 1 aromatic heterocycles. The fraction of sp³-hybridized carbons (Fsp3) is 0.250. The molecule has 1 N–H and O–H groups in total. The van der Waals surface area contributed by atoms with Gasteiger partial charge in [-0.1, -0.05) is 30.3 Å². The highest BCUT2D eigenvalue weighted by Gasteiger charge is 2.29. The Labute approximate surface area is 160 Å². The lowest BCUT2D eigenvalue weighted by atomic mass is 10.1. The number of aromatic nitrogens is 3. The molecule has 0 fully saturated rings. The number of aromatic amines is 1. The minimum Gasteiger partial charge on any atom is -0.489 e. The van der Waals surface area contributed by atoms with Crippen molar-refractivity contribution in [3.05, 3.63) is 76.6 Å². The van der Waals surface area contributed by atoms with Gasteiger partial charge >= 0.3 is 6.18 Å². The van der Waals surface area contributed by atoms with Gasteiger partial charge in [0.05, 0.1) is 17.5 Å². The number of ether oxygens (including phenoxy) is 1. The van der Waals surface area contributed by atoms with Crippen LogP contribution < -0.4 is 4.74 Å². The molecule has 0 spiro atoms. The van der Waals surface area contributed by atoms with Gasteiger partial charge in [-0.3, -0.25) is 4.99 Å². The summed E-state index contributed by atoms with van der Waals surface area (Å²) in [6.45, 7) is 0.187. The number of nitrogens with one attached hydrogen (secondary N) is 1. The second kappa shape index (κ2) is 8.69. The predicted molar refractivity (Wildman–Crippen MR) is 99.5 cm³/mol. The molecule has 0 unspecified atom stereocenters. The van der Waals surface area contributed by atoms with Crippen molar-refractivity contribution in [2.45, 2.75) is 25.6 Å². The van der Waals surface area contributed by atoms with Crippen molar-refractivity contribution in [3.63, 3.8) is 0 Å². The van der Waals surface area contributed by atoms with Crippen molar-refractivity contribution in [2.24, 2.45) is 4.99 Å².